The fourth-order valence-corrected chi connectivity index (χ4v) is 0.928. The van der Waals surface area contributed by atoms with Crippen LogP contribution in [0.25, 0.3) is 0 Å². The second-order valence-corrected chi connectivity index (χ2v) is 3.33. The molecule has 1 atom stereocenters. The Morgan fingerprint density at radius 2 is 2.08 bits per heavy atom. The lowest BCUT2D eigenvalue weighted by Crippen LogP contribution is -2.25. The molecule has 0 spiro atoms. The van der Waals surface area contributed by atoms with E-state index < -0.39 is 12.1 Å². The molecule has 0 amide bonds. The number of aliphatic carboxylic acids is 1. The fraction of sp³-hybridized carbons (Fsp3) is 0.889. The third-order valence-corrected chi connectivity index (χ3v) is 1.48. The number of hydrogen-bond acceptors (Lipinski definition) is 2. The maximum Gasteiger partial charge on any atom is 0.332 e. The van der Waals surface area contributed by atoms with Crippen LogP contribution < -0.4 is 0 Å². The van der Waals surface area contributed by atoms with Crippen LogP contribution in [0.2, 0.25) is 0 Å². The number of ether oxygens (including phenoxy) is 1. The molecule has 1 N–H and O–H groups in total. The minimum atomic E-state index is -0.850. The predicted octanol–water partition coefficient (Wildman–Crippen LogP) is 1.91. The third kappa shape index (κ3) is 5.13. The van der Waals surface area contributed by atoms with Crippen LogP contribution >= 0.6 is 0 Å². The van der Waals surface area contributed by atoms with Gasteiger partial charge in [-0.15, -0.1) is 0 Å². The maximum atomic E-state index is 10.6. The van der Waals surface area contributed by atoms with Crippen LogP contribution in [0.5, 0.6) is 0 Å². The Balaban J connectivity index is 3.78. The van der Waals surface area contributed by atoms with Crippen LogP contribution in [0.3, 0.4) is 0 Å². The Hall–Kier alpha value is -0.570. The van der Waals surface area contributed by atoms with Crippen molar-refractivity contribution in [2.24, 2.45) is 5.92 Å². The minimum Gasteiger partial charge on any atom is -0.479 e. The van der Waals surface area contributed by atoms with Crippen LogP contribution in [-0.2, 0) is 9.53 Å². The molecule has 0 rings (SSSR count). The van der Waals surface area contributed by atoms with Gasteiger partial charge in [0.25, 0.3) is 0 Å². The third-order valence-electron chi connectivity index (χ3n) is 1.48. The Kier molecular flexibility index (Phi) is 5.72. The monoisotopic (exact) mass is 174 g/mol. The highest BCUT2D eigenvalue weighted by Gasteiger charge is 2.18. The zero-order valence-corrected chi connectivity index (χ0v) is 8.04. The van der Waals surface area contributed by atoms with E-state index in [1.165, 1.54) is 0 Å². The van der Waals surface area contributed by atoms with Crippen LogP contribution in [0, 0.1) is 5.92 Å². The van der Waals surface area contributed by atoms with Crippen LogP contribution in [-0.4, -0.2) is 23.8 Å². The average Bonchev–Trinajstić information content (AvgIpc) is 1.96. The highest BCUT2D eigenvalue weighted by Crippen LogP contribution is 2.08. The number of rotatable bonds is 6. The molecule has 3 nitrogen and oxygen atoms in total. The molecule has 72 valence electrons. The van der Waals surface area contributed by atoms with E-state index >= 15 is 0 Å². The lowest BCUT2D eigenvalue weighted by Gasteiger charge is -2.14. The summed E-state index contributed by atoms with van der Waals surface area (Å²) in [5.74, 6) is -0.486. The summed E-state index contributed by atoms with van der Waals surface area (Å²) in [7, 11) is 0. The molecular formula is C9H18O3. The first kappa shape index (κ1) is 11.4. The van der Waals surface area contributed by atoms with E-state index in [0.29, 0.717) is 18.9 Å². The summed E-state index contributed by atoms with van der Waals surface area (Å²) in [6.07, 6.45) is 0.835. The molecule has 1 unspecified atom stereocenters. The van der Waals surface area contributed by atoms with E-state index in [9.17, 15) is 4.79 Å². The first-order chi connectivity index (χ1) is 5.57. The summed E-state index contributed by atoms with van der Waals surface area (Å²) in [6, 6.07) is 0. The Labute approximate surface area is 73.7 Å². The van der Waals surface area contributed by atoms with Crippen molar-refractivity contribution in [1.29, 1.82) is 0 Å². The molecule has 0 aliphatic carbocycles. The van der Waals surface area contributed by atoms with Crippen molar-refractivity contribution < 1.29 is 14.6 Å². The second kappa shape index (κ2) is 6.00. The molecule has 0 aliphatic rings. The number of hydrogen-bond donors (Lipinski definition) is 1. The summed E-state index contributed by atoms with van der Waals surface area (Å²) >= 11 is 0. The molecule has 0 saturated carbocycles. The van der Waals surface area contributed by atoms with Gasteiger partial charge in [0.1, 0.15) is 0 Å². The smallest absolute Gasteiger partial charge is 0.332 e. The van der Waals surface area contributed by atoms with Crippen molar-refractivity contribution in [2.75, 3.05) is 6.61 Å². The molecule has 0 aliphatic heterocycles. The molecule has 0 aromatic carbocycles. The van der Waals surface area contributed by atoms with Gasteiger partial charge in [0.05, 0.1) is 0 Å². The lowest BCUT2D eigenvalue weighted by molar-refractivity contribution is -0.151. The van der Waals surface area contributed by atoms with Crippen molar-refractivity contribution in [2.45, 2.75) is 39.7 Å². The van der Waals surface area contributed by atoms with Gasteiger partial charge in [-0.1, -0.05) is 20.8 Å². The van der Waals surface area contributed by atoms with Crippen molar-refractivity contribution in [1.82, 2.24) is 0 Å². The molecule has 3 heteroatoms. The number of carboxylic acid groups (broad SMARTS) is 1. The zero-order valence-electron chi connectivity index (χ0n) is 8.04. The Morgan fingerprint density at radius 3 is 2.42 bits per heavy atom. The van der Waals surface area contributed by atoms with Crippen LogP contribution in [0.4, 0.5) is 0 Å². The van der Waals surface area contributed by atoms with E-state index in [-0.39, 0.29) is 0 Å². The van der Waals surface area contributed by atoms with E-state index in [1.54, 1.807) is 0 Å². The minimum absolute atomic E-state index is 0.364. The van der Waals surface area contributed by atoms with E-state index in [1.807, 2.05) is 20.8 Å². The SMILES string of the molecule is CCCOC(CC(C)C)C(=O)O. The standard InChI is InChI=1S/C9H18O3/c1-4-5-12-8(9(10)11)6-7(2)3/h7-8H,4-6H2,1-3H3,(H,10,11). The quantitative estimate of drug-likeness (QED) is 0.669. The summed E-state index contributed by atoms with van der Waals surface area (Å²) in [6.45, 7) is 6.48. The van der Waals surface area contributed by atoms with Gasteiger partial charge in [0.2, 0.25) is 0 Å². The zero-order chi connectivity index (χ0) is 9.56. The maximum absolute atomic E-state index is 10.6. The molecule has 0 bridgehead atoms. The van der Waals surface area contributed by atoms with Gasteiger partial charge in [-0.2, -0.15) is 0 Å². The highest BCUT2D eigenvalue weighted by molar-refractivity contribution is 5.72. The van der Waals surface area contributed by atoms with Gasteiger partial charge in [-0.05, 0) is 18.8 Å². The molecule has 0 aromatic heterocycles. The topological polar surface area (TPSA) is 46.5 Å². The number of carboxylic acids is 1. The summed E-state index contributed by atoms with van der Waals surface area (Å²) in [5, 5.41) is 8.72. The van der Waals surface area contributed by atoms with Crippen LogP contribution in [0.15, 0.2) is 0 Å². The Morgan fingerprint density at radius 1 is 1.50 bits per heavy atom. The molecule has 0 fully saturated rings. The van der Waals surface area contributed by atoms with E-state index in [2.05, 4.69) is 0 Å². The second-order valence-electron chi connectivity index (χ2n) is 3.33. The van der Waals surface area contributed by atoms with Gasteiger partial charge >= 0.3 is 5.97 Å². The molecule has 0 radical (unpaired) electrons. The molecule has 0 aromatic rings. The largest absolute Gasteiger partial charge is 0.479 e. The van der Waals surface area contributed by atoms with E-state index in [4.69, 9.17) is 9.84 Å². The molecular weight excluding hydrogens is 156 g/mol. The molecule has 12 heavy (non-hydrogen) atoms. The van der Waals surface area contributed by atoms with Gasteiger partial charge in [-0.3, -0.25) is 0 Å². The predicted molar refractivity (Wildman–Crippen MR) is 47.1 cm³/mol. The normalized spacial score (nSPS) is 13.3. The van der Waals surface area contributed by atoms with Crippen LogP contribution in [0.1, 0.15) is 33.6 Å². The Bertz CT molecular complexity index is 132. The highest BCUT2D eigenvalue weighted by atomic mass is 16.5. The van der Waals surface area contributed by atoms with Crippen molar-refractivity contribution >= 4 is 5.97 Å². The first-order valence-corrected chi connectivity index (χ1v) is 4.42. The summed E-state index contributed by atoms with van der Waals surface area (Å²) < 4.78 is 5.16. The lowest BCUT2D eigenvalue weighted by atomic mass is 10.1. The first-order valence-electron chi connectivity index (χ1n) is 4.42. The van der Waals surface area contributed by atoms with Gasteiger partial charge < -0.3 is 9.84 Å². The van der Waals surface area contributed by atoms with Gasteiger partial charge in [-0.25, -0.2) is 4.79 Å². The van der Waals surface area contributed by atoms with Crippen molar-refractivity contribution in [3.63, 3.8) is 0 Å². The number of carbonyl (C=O) groups is 1. The van der Waals surface area contributed by atoms with Crippen molar-refractivity contribution in [3.05, 3.63) is 0 Å². The van der Waals surface area contributed by atoms with Gasteiger partial charge in [0, 0.05) is 6.61 Å². The summed E-state index contributed by atoms with van der Waals surface area (Å²) in [5.41, 5.74) is 0. The summed E-state index contributed by atoms with van der Waals surface area (Å²) in [4.78, 5) is 10.6. The fourth-order valence-electron chi connectivity index (χ4n) is 0.928. The average molecular weight is 174 g/mol. The van der Waals surface area contributed by atoms with E-state index in [0.717, 1.165) is 6.42 Å². The van der Waals surface area contributed by atoms with Crippen molar-refractivity contribution in [3.8, 4) is 0 Å². The van der Waals surface area contributed by atoms with Gasteiger partial charge in [0.15, 0.2) is 6.10 Å². The molecule has 0 heterocycles. The molecule has 0 saturated heterocycles.